The van der Waals surface area contributed by atoms with Crippen LogP contribution in [0.5, 0.6) is 0 Å². The normalized spacial score (nSPS) is 14.9. The highest BCUT2D eigenvalue weighted by atomic mass is 79.9. The molecule has 4 rings (SSSR count). The molecule has 0 aliphatic carbocycles. The van der Waals surface area contributed by atoms with Gasteiger partial charge in [-0.15, -0.1) is 0 Å². The maximum atomic E-state index is 12.7. The van der Waals surface area contributed by atoms with Crippen LogP contribution in [-0.2, 0) is 4.79 Å². The molecule has 1 fully saturated rings. The molecule has 2 amide bonds. The van der Waals surface area contributed by atoms with Crippen LogP contribution >= 0.6 is 27.7 Å². The summed E-state index contributed by atoms with van der Waals surface area (Å²) < 4.78 is 6.70. The summed E-state index contributed by atoms with van der Waals surface area (Å²) in [6.45, 7) is -0.456. The number of nitro groups is 1. The van der Waals surface area contributed by atoms with Crippen LogP contribution < -0.4 is 0 Å². The standard InChI is InChI=1S/C22H13BrN2O6S/c23-15-5-1-14(2-6-15)19-10-9-17(31-19)11-20-21(27)24(22(28)32-20)12-18(26)13-3-7-16(8-4-13)25(29)30/h1-11H,12H2/b20-11+. The predicted octanol–water partition coefficient (Wildman–Crippen LogP) is 5.54. The highest BCUT2D eigenvalue weighted by Crippen LogP contribution is 2.33. The molecule has 1 aliphatic heterocycles. The molecule has 0 radical (unpaired) electrons. The predicted molar refractivity (Wildman–Crippen MR) is 122 cm³/mol. The van der Waals surface area contributed by atoms with Crippen LogP contribution in [-0.4, -0.2) is 33.3 Å². The Morgan fingerprint density at radius 2 is 1.75 bits per heavy atom. The number of hydrogen-bond acceptors (Lipinski definition) is 7. The van der Waals surface area contributed by atoms with E-state index in [9.17, 15) is 24.5 Å². The summed E-state index contributed by atoms with van der Waals surface area (Å²) in [5.74, 6) is -0.0951. The lowest BCUT2D eigenvalue weighted by Gasteiger charge is -2.11. The van der Waals surface area contributed by atoms with Crippen molar-refractivity contribution in [1.29, 1.82) is 0 Å². The van der Waals surface area contributed by atoms with Crippen molar-refractivity contribution in [3.63, 3.8) is 0 Å². The summed E-state index contributed by atoms with van der Waals surface area (Å²) in [5, 5.41) is 10.2. The molecule has 0 bridgehead atoms. The number of carbonyl (C=O) groups excluding carboxylic acids is 3. The molecule has 1 aromatic heterocycles. The molecule has 3 aromatic rings. The molecule has 2 aromatic carbocycles. The van der Waals surface area contributed by atoms with Gasteiger partial charge in [-0.1, -0.05) is 28.1 Å². The molecule has 10 heteroatoms. The third-order valence-corrected chi connectivity index (χ3v) is 6.04. The van der Waals surface area contributed by atoms with Gasteiger partial charge in [-0.25, -0.2) is 0 Å². The van der Waals surface area contributed by atoms with E-state index in [-0.39, 0.29) is 16.2 Å². The van der Waals surface area contributed by atoms with Gasteiger partial charge < -0.3 is 4.42 Å². The fourth-order valence-electron chi connectivity index (χ4n) is 2.97. The number of thioether (sulfide) groups is 1. The van der Waals surface area contributed by atoms with E-state index in [4.69, 9.17) is 4.42 Å². The van der Waals surface area contributed by atoms with Gasteiger partial charge in [0.2, 0.25) is 0 Å². The zero-order valence-corrected chi connectivity index (χ0v) is 18.6. The number of halogens is 1. The van der Waals surface area contributed by atoms with Crippen molar-refractivity contribution in [3.05, 3.63) is 91.5 Å². The number of carbonyl (C=O) groups is 3. The first-order valence-corrected chi connectivity index (χ1v) is 10.8. The molecule has 8 nitrogen and oxygen atoms in total. The SMILES string of the molecule is O=C(CN1C(=O)S/C(=C/c2ccc(-c3ccc(Br)cc3)o2)C1=O)c1ccc([N+](=O)[O-])cc1. The van der Waals surface area contributed by atoms with Crippen molar-refractivity contribution in [1.82, 2.24) is 4.90 Å². The van der Waals surface area contributed by atoms with Crippen LogP contribution in [0.2, 0.25) is 0 Å². The molecule has 0 atom stereocenters. The largest absolute Gasteiger partial charge is 0.457 e. The average Bonchev–Trinajstić information content (AvgIpc) is 3.34. The molecular formula is C22H13BrN2O6S. The summed E-state index contributed by atoms with van der Waals surface area (Å²) in [6.07, 6.45) is 1.46. The van der Waals surface area contributed by atoms with Gasteiger partial charge in [0.05, 0.1) is 16.4 Å². The van der Waals surface area contributed by atoms with Crippen LogP contribution in [0.1, 0.15) is 16.1 Å². The highest BCUT2D eigenvalue weighted by molar-refractivity contribution is 9.10. The first kappa shape index (κ1) is 21.7. The van der Waals surface area contributed by atoms with Gasteiger partial charge in [0, 0.05) is 33.8 Å². The van der Waals surface area contributed by atoms with E-state index >= 15 is 0 Å². The Kier molecular flexibility index (Phi) is 6.06. The van der Waals surface area contributed by atoms with Gasteiger partial charge >= 0.3 is 0 Å². The lowest BCUT2D eigenvalue weighted by atomic mass is 10.1. The number of Topliss-reactive ketones (excluding diaryl/α,β-unsaturated/α-hetero) is 1. The summed E-state index contributed by atoms with van der Waals surface area (Å²) in [4.78, 5) is 48.6. The van der Waals surface area contributed by atoms with Crippen molar-refractivity contribution in [2.45, 2.75) is 0 Å². The van der Waals surface area contributed by atoms with Crippen molar-refractivity contribution in [3.8, 4) is 11.3 Å². The Labute approximate surface area is 194 Å². The number of nitro benzene ring substituents is 1. The van der Waals surface area contributed by atoms with Crippen LogP contribution in [0.15, 0.2) is 74.5 Å². The second-order valence-corrected chi connectivity index (χ2v) is 8.61. The second kappa shape index (κ2) is 8.93. The minimum absolute atomic E-state index is 0.142. The molecule has 160 valence electrons. The molecule has 2 heterocycles. The number of rotatable bonds is 6. The first-order valence-electron chi connectivity index (χ1n) is 9.20. The van der Waals surface area contributed by atoms with E-state index in [2.05, 4.69) is 15.9 Å². The maximum Gasteiger partial charge on any atom is 0.293 e. The summed E-state index contributed by atoms with van der Waals surface area (Å²) in [6, 6.07) is 15.9. The number of furan rings is 1. The van der Waals surface area contributed by atoms with Crippen LogP contribution in [0.25, 0.3) is 17.4 Å². The fraction of sp³-hybridized carbons (Fsp3) is 0.0455. The zero-order valence-electron chi connectivity index (χ0n) is 16.2. The number of amides is 2. The monoisotopic (exact) mass is 512 g/mol. The average molecular weight is 513 g/mol. The summed E-state index contributed by atoms with van der Waals surface area (Å²) in [5.41, 5.74) is 0.870. The molecular weight excluding hydrogens is 500 g/mol. The van der Waals surface area contributed by atoms with Crippen LogP contribution in [0.4, 0.5) is 10.5 Å². The number of hydrogen-bond donors (Lipinski definition) is 0. The van der Waals surface area contributed by atoms with E-state index in [1.54, 1.807) is 12.1 Å². The van der Waals surface area contributed by atoms with Gasteiger partial charge in [-0.05, 0) is 48.2 Å². The quantitative estimate of drug-likeness (QED) is 0.184. The molecule has 0 saturated carbocycles. The third-order valence-electron chi connectivity index (χ3n) is 4.60. The summed E-state index contributed by atoms with van der Waals surface area (Å²) in [7, 11) is 0. The number of imide groups is 1. The third kappa shape index (κ3) is 4.56. The van der Waals surface area contributed by atoms with Crippen molar-refractivity contribution < 1.29 is 23.7 Å². The summed E-state index contributed by atoms with van der Waals surface area (Å²) >= 11 is 4.09. The number of benzene rings is 2. The molecule has 1 saturated heterocycles. The molecule has 32 heavy (non-hydrogen) atoms. The topological polar surface area (TPSA) is 111 Å². The van der Waals surface area contributed by atoms with Gasteiger partial charge in [0.15, 0.2) is 5.78 Å². The fourth-order valence-corrected chi connectivity index (χ4v) is 4.05. The van der Waals surface area contributed by atoms with E-state index in [1.165, 1.54) is 30.3 Å². The Morgan fingerprint density at radius 3 is 2.41 bits per heavy atom. The van der Waals surface area contributed by atoms with Gasteiger partial charge in [0.25, 0.3) is 16.8 Å². The Balaban J connectivity index is 1.48. The minimum atomic E-state index is -0.600. The van der Waals surface area contributed by atoms with E-state index in [0.717, 1.165) is 26.7 Å². The molecule has 0 spiro atoms. The van der Waals surface area contributed by atoms with Gasteiger partial charge in [-0.3, -0.25) is 29.4 Å². The minimum Gasteiger partial charge on any atom is -0.457 e. The maximum absolute atomic E-state index is 12.7. The van der Waals surface area contributed by atoms with Crippen molar-refractivity contribution >= 4 is 56.4 Å². The smallest absolute Gasteiger partial charge is 0.293 e. The molecule has 0 unspecified atom stereocenters. The Bertz CT molecular complexity index is 1260. The van der Waals surface area contributed by atoms with E-state index < -0.39 is 28.4 Å². The zero-order chi connectivity index (χ0) is 22.8. The lowest BCUT2D eigenvalue weighted by molar-refractivity contribution is -0.384. The number of nitrogens with zero attached hydrogens (tertiary/aromatic N) is 2. The van der Waals surface area contributed by atoms with Crippen LogP contribution in [0, 0.1) is 10.1 Å². The molecule has 1 aliphatic rings. The Morgan fingerprint density at radius 1 is 1.06 bits per heavy atom. The lowest BCUT2D eigenvalue weighted by Crippen LogP contribution is -2.33. The number of non-ortho nitro benzene ring substituents is 1. The van der Waals surface area contributed by atoms with Crippen molar-refractivity contribution in [2.24, 2.45) is 0 Å². The highest BCUT2D eigenvalue weighted by Gasteiger charge is 2.36. The van der Waals surface area contributed by atoms with Crippen LogP contribution in [0.3, 0.4) is 0 Å². The Hall–Kier alpha value is -3.50. The first-order chi connectivity index (χ1) is 15.3. The van der Waals surface area contributed by atoms with Gasteiger partial charge in [0.1, 0.15) is 11.5 Å². The second-order valence-electron chi connectivity index (χ2n) is 6.70. The molecule has 0 N–H and O–H groups in total. The van der Waals surface area contributed by atoms with E-state index in [0.29, 0.717) is 11.5 Å². The van der Waals surface area contributed by atoms with Gasteiger partial charge in [-0.2, -0.15) is 0 Å². The van der Waals surface area contributed by atoms with Crippen molar-refractivity contribution in [2.75, 3.05) is 6.54 Å². The van der Waals surface area contributed by atoms with E-state index in [1.807, 2.05) is 24.3 Å². The number of ketones is 1.